The van der Waals surface area contributed by atoms with E-state index in [9.17, 15) is 9.90 Å². The molecule has 4 heteroatoms. The topological polar surface area (TPSA) is 43.8 Å². The number of benzene rings is 1. The minimum Gasteiger partial charge on any atom is -0.378 e. The Labute approximate surface area is 113 Å². The van der Waals surface area contributed by atoms with Crippen molar-refractivity contribution >= 4 is 17.3 Å². The fraction of sp³-hybridized carbons (Fsp3) is 0.400. The minimum atomic E-state index is -1.02. The van der Waals surface area contributed by atoms with Gasteiger partial charge >= 0.3 is 0 Å². The number of aliphatic hydroxyl groups is 1. The van der Waals surface area contributed by atoms with Crippen molar-refractivity contribution in [1.82, 2.24) is 0 Å². The third-order valence-electron chi connectivity index (χ3n) is 3.44. The van der Waals surface area contributed by atoms with Gasteiger partial charge in [0.1, 0.15) is 0 Å². The molecule has 0 bridgehead atoms. The minimum absolute atomic E-state index is 0.268. The van der Waals surface area contributed by atoms with Crippen molar-refractivity contribution in [3.05, 3.63) is 35.9 Å². The molecule has 0 aromatic heterocycles. The Morgan fingerprint density at radius 3 is 2.79 bits per heavy atom. The number of rotatable bonds is 4. The van der Waals surface area contributed by atoms with E-state index in [4.69, 9.17) is 0 Å². The molecule has 1 aliphatic heterocycles. The van der Waals surface area contributed by atoms with E-state index in [1.165, 1.54) is 4.90 Å². The van der Waals surface area contributed by atoms with Crippen molar-refractivity contribution in [3.63, 3.8) is 0 Å². The van der Waals surface area contributed by atoms with Crippen molar-refractivity contribution in [1.29, 1.82) is 0 Å². The predicted molar refractivity (Wildman–Crippen MR) is 77.5 cm³/mol. The second-order valence-corrected chi connectivity index (χ2v) is 5.01. The van der Waals surface area contributed by atoms with Gasteiger partial charge in [0.25, 0.3) is 5.91 Å². The van der Waals surface area contributed by atoms with Gasteiger partial charge in [0.2, 0.25) is 0 Å². The van der Waals surface area contributed by atoms with Crippen LogP contribution >= 0.6 is 0 Å². The Balaban J connectivity index is 2.36. The predicted octanol–water partition coefficient (Wildman–Crippen LogP) is 2.10. The molecule has 0 aliphatic carbocycles. The van der Waals surface area contributed by atoms with Gasteiger partial charge in [-0.25, -0.2) is 0 Å². The molecule has 0 fully saturated rings. The zero-order valence-electron chi connectivity index (χ0n) is 11.7. The first kappa shape index (κ1) is 13.6. The lowest BCUT2D eigenvalue weighted by atomic mass is 10.1. The Morgan fingerprint density at radius 2 is 2.21 bits per heavy atom. The second kappa shape index (κ2) is 5.05. The summed E-state index contributed by atoms with van der Waals surface area (Å²) >= 11 is 0. The first-order valence-corrected chi connectivity index (χ1v) is 6.44. The molecule has 2 rings (SSSR count). The van der Waals surface area contributed by atoms with Crippen molar-refractivity contribution in [2.75, 3.05) is 29.9 Å². The van der Waals surface area contributed by atoms with Crippen LogP contribution in [-0.2, 0) is 4.79 Å². The number of anilines is 2. The smallest absolute Gasteiger partial charge is 0.260 e. The number of amides is 1. The summed E-state index contributed by atoms with van der Waals surface area (Å²) in [6, 6.07) is 5.73. The van der Waals surface area contributed by atoms with E-state index in [1.807, 2.05) is 25.1 Å². The van der Waals surface area contributed by atoms with E-state index in [1.54, 1.807) is 7.05 Å². The molecule has 102 valence electrons. The summed E-state index contributed by atoms with van der Waals surface area (Å²) < 4.78 is 0. The van der Waals surface area contributed by atoms with Gasteiger partial charge in [0.05, 0.1) is 5.69 Å². The lowest BCUT2D eigenvalue weighted by molar-refractivity contribution is -0.125. The highest BCUT2D eigenvalue weighted by Gasteiger charge is 2.33. The number of hydrogen-bond acceptors (Lipinski definition) is 3. The summed E-state index contributed by atoms with van der Waals surface area (Å²) in [6.45, 7) is 9.67. The van der Waals surface area contributed by atoms with Crippen LogP contribution in [0.2, 0.25) is 0 Å². The summed E-state index contributed by atoms with van der Waals surface area (Å²) in [5, 5.41) is 9.83. The molecule has 1 aromatic rings. The molecule has 0 spiro atoms. The van der Waals surface area contributed by atoms with Crippen LogP contribution in [0.1, 0.15) is 25.5 Å². The third-order valence-corrected chi connectivity index (χ3v) is 3.44. The Bertz CT molecular complexity index is 525. The number of carbonyl (C=O) groups is 1. The zero-order chi connectivity index (χ0) is 14.2. The maximum Gasteiger partial charge on any atom is 0.260 e. The van der Waals surface area contributed by atoms with E-state index in [-0.39, 0.29) is 5.91 Å². The maximum atomic E-state index is 11.7. The highest BCUT2D eigenvalue weighted by molar-refractivity contribution is 6.03. The van der Waals surface area contributed by atoms with E-state index in [2.05, 4.69) is 18.4 Å². The quantitative estimate of drug-likeness (QED) is 0.843. The molecule has 0 radical (unpaired) electrons. The lowest BCUT2D eigenvalue weighted by Gasteiger charge is -2.24. The first-order chi connectivity index (χ1) is 8.95. The molecule has 1 unspecified atom stereocenters. The largest absolute Gasteiger partial charge is 0.378 e. The van der Waals surface area contributed by atoms with Gasteiger partial charge in [-0.05, 0) is 26.0 Å². The number of fused-ring (bicyclic) bond motifs is 1. The van der Waals surface area contributed by atoms with E-state index >= 15 is 0 Å². The molecule has 0 saturated heterocycles. The second-order valence-electron chi connectivity index (χ2n) is 5.01. The van der Waals surface area contributed by atoms with Gasteiger partial charge in [-0.1, -0.05) is 18.2 Å². The summed E-state index contributed by atoms with van der Waals surface area (Å²) in [5.41, 5.74) is 3.60. The lowest BCUT2D eigenvalue weighted by Crippen LogP contribution is -2.25. The summed E-state index contributed by atoms with van der Waals surface area (Å²) in [7, 11) is 1.69. The van der Waals surface area contributed by atoms with Gasteiger partial charge < -0.3 is 14.9 Å². The number of hydrogen-bond donors (Lipinski definition) is 1. The first-order valence-electron chi connectivity index (χ1n) is 6.44. The molecule has 1 heterocycles. The van der Waals surface area contributed by atoms with Crippen LogP contribution in [0.25, 0.3) is 0 Å². The molecule has 1 N–H and O–H groups in total. The van der Waals surface area contributed by atoms with E-state index < -0.39 is 6.10 Å². The molecule has 19 heavy (non-hydrogen) atoms. The Hall–Kier alpha value is -1.81. The van der Waals surface area contributed by atoms with Crippen LogP contribution in [0.5, 0.6) is 0 Å². The molecule has 1 amide bonds. The highest BCUT2D eigenvalue weighted by Crippen LogP contribution is 2.37. The van der Waals surface area contributed by atoms with Crippen LogP contribution in [0, 0.1) is 0 Å². The van der Waals surface area contributed by atoms with Gasteiger partial charge in [-0.2, -0.15) is 0 Å². The van der Waals surface area contributed by atoms with Crippen LogP contribution in [0.4, 0.5) is 11.4 Å². The van der Waals surface area contributed by atoms with Gasteiger partial charge in [-0.15, -0.1) is 0 Å². The molecular weight excluding hydrogens is 240 g/mol. The van der Waals surface area contributed by atoms with Gasteiger partial charge in [0.15, 0.2) is 6.10 Å². The summed E-state index contributed by atoms with van der Waals surface area (Å²) in [6.07, 6.45) is -1.02. The Morgan fingerprint density at radius 1 is 1.53 bits per heavy atom. The Kier molecular flexibility index (Phi) is 3.62. The SMILES string of the molecule is C=C(C)CN(CC)c1ccc2c(c1)N(C)C(=O)C2O. The molecular formula is C15H20N2O2. The van der Waals surface area contributed by atoms with Gasteiger partial charge in [-0.3, -0.25) is 4.79 Å². The normalized spacial score (nSPS) is 17.6. The van der Waals surface area contributed by atoms with Crippen molar-refractivity contribution in [3.8, 4) is 0 Å². The molecule has 1 aliphatic rings. The van der Waals surface area contributed by atoms with Gasteiger partial charge in [0, 0.05) is 31.4 Å². The zero-order valence-corrected chi connectivity index (χ0v) is 11.7. The molecule has 1 atom stereocenters. The van der Waals surface area contributed by atoms with E-state index in [0.29, 0.717) is 5.56 Å². The van der Waals surface area contributed by atoms with Crippen molar-refractivity contribution < 1.29 is 9.90 Å². The van der Waals surface area contributed by atoms with Crippen LogP contribution in [-0.4, -0.2) is 31.2 Å². The summed E-state index contributed by atoms with van der Waals surface area (Å²) in [4.78, 5) is 15.4. The van der Waals surface area contributed by atoms with Crippen LogP contribution in [0.15, 0.2) is 30.4 Å². The van der Waals surface area contributed by atoms with Crippen molar-refractivity contribution in [2.24, 2.45) is 0 Å². The number of likely N-dealkylation sites (N-methyl/N-ethyl adjacent to an activating group) is 2. The average molecular weight is 260 g/mol. The monoisotopic (exact) mass is 260 g/mol. The molecule has 0 saturated carbocycles. The third kappa shape index (κ3) is 2.36. The van der Waals surface area contributed by atoms with Crippen LogP contribution in [0.3, 0.4) is 0 Å². The number of nitrogens with zero attached hydrogens (tertiary/aromatic N) is 2. The highest BCUT2D eigenvalue weighted by atomic mass is 16.3. The molecule has 4 nitrogen and oxygen atoms in total. The maximum absolute atomic E-state index is 11.7. The fourth-order valence-electron chi connectivity index (χ4n) is 2.40. The standard InChI is InChI=1S/C15H20N2O2/c1-5-17(9-10(2)3)11-6-7-12-13(8-11)16(4)15(19)14(12)18/h6-8,14,18H,2,5,9H2,1,3-4H3. The fourth-order valence-corrected chi connectivity index (χ4v) is 2.40. The number of carbonyl (C=O) groups excluding carboxylic acids is 1. The van der Waals surface area contributed by atoms with Crippen LogP contribution < -0.4 is 9.80 Å². The van der Waals surface area contributed by atoms with Crippen molar-refractivity contribution in [2.45, 2.75) is 20.0 Å². The average Bonchev–Trinajstić information content (AvgIpc) is 2.60. The molecule has 1 aromatic carbocycles. The van der Waals surface area contributed by atoms with E-state index in [0.717, 1.165) is 30.0 Å². The summed E-state index contributed by atoms with van der Waals surface area (Å²) in [5.74, 6) is -0.268. The number of aliphatic hydroxyl groups excluding tert-OH is 1.